The van der Waals surface area contributed by atoms with Gasteiger partial charge in [0.2, 0.25) is 0 Å². The van der Waals surface area contributed by atoms with Gasteiger partial charge in [-0.2, -0.15) is 8.42 Å². The first-order valence-electron chi connectivity index (χ1n) is 11.6. The molecule has 39 heavy (non-hydrogen) atoms. The summed E-state index contributed by atoms with van der Waals surface area (Å²) >= 11 is 5.87. The molecule has 0 N–H and O–H groups in total. The third kappa shape index (κ3) is 5.18. The molecule has 10 heteroatoms. The molecule has 0 radical (unpaired) electrons. The average Bonchev–Trinajstić information content (AvgIpc) is 2.93. The standard InChI is InChI=1S/C29H19ClN2O6S/c30-21-15-17-24(18-16-21)39(36,37)38-26-14-8-7-9-20(26)19-25-27(33)31(22-10-3-1-4-11-22)29(35)32(28(25)34)23-12-5-2-6-13-23/h1-19H. The van der Waals surface area contributed by atoms with Crippen molar-refractivity contribution in [3.63, 3.8) is 0 Å². The van der Waals surface area contributed by atoms with E-state index >= 15 is 0 Å². The molecule has 4 aromatic carbocycles. The number of carbonyl (C=O) groups is 3. The summed E-state index contributed by atoms with van der Waals surface area (Å²) < 4.78 is 31.2. The van der Waals surface area contributed by atoms with Gasteiger partial charge in [0.25, 0.3) is 11.8 Å². The van der Waals surface area contributed by atoms with Crippen molar-refractivity contribution in [3.05, 3.63) is 125 Å². The van der Waals surface area contributed by atoms with Gasteiger partial charge in [-0.15, -0.1) is 0 Å². The number of urea groups is 1. The van der Waals surface area contributed by atoms with Crippen LogP contribution < -0.4 is 14.0 Å². The maximum Gasteiger partial charge on any atom is 0.343 e. The largest absolute Gasteiger partial charge is 0.378 e. The minimum Gasteiger partial charge on any atom is -0.378 e. The number of rotatable bonds is 6. The zero-order valence-corrected chi connectivity index (χ0v) is 21.7. The van der Waals surface area contributed by atoms with E-state index < -0.39 is 28.0 Å². The van der Waals surface area contributed by atoms with Crippen LogP contribution in [0.4, 0.5) is 16.2 Å². The molecule has 0 bridgehead atoms. The quantitative estimate of drug-likeness (QED) is 0.171. The van der Waals surface area contributed by atoms with Crippen LogP contribution in [0.5, 0.6) is 5.75 Å². The predicted molar refractivity (Wildman–Crippen MR) is 147 cm³/mol. The number of anilines is 2. The van der Waals surface area contributed by atoms with Crippen molar-refractivity contribution in [2.24, 2.45) is 0 Å². The first kappa shape index (κ1) is 25.9. The van der Waals surface area contributed by atoms with Crippen molar-refractivity contribution in [1.29, 1.82) is 0 Å². The number of para-hydroxylation sites is 3. The van der Waals surface area contributed by atoms with Gasteiger partial charge in [0.15, 0.2) is 0 Å². The van der Waals surface area contributed by atoms with Crippen molar-refractivity contribution in [2.75, 3.05) is 9.80 Å². The monoisotopic (exact) mass is 558 g/mol. The SMILES string of the molecule is O=C1C(=Cc2ccccc2OS(=O)(=O)c2ccc(Cl)cc2)C(=O)N(c2ccccc2)C(=O)N1c1ccccc1. The minimum absolute atomic E-state index is 0.116. The van der Waals surface area contributed by atoms with E-state index in [9.17, 15) is 22.8 Å². The Hall–Kier alpha value is -4.73. The molecular formula is C29H19ClN2O6S. The van der Waals surface area contributed by atoms with Gasteiger partial charge in [-0.25, -0.2) is 14.6 Å². The number of carbonyl (C=O) groups excluding carboxylic acids is 3. The smallest absolute Gasteiger partial charge is 0.343 e. The maximum absolute atomic E-state index is 13.6. The summed E-state index contributed by atoms with van der Waals surface area (Å²) in [6, 6.07) is 27.0. The molecule has 1 aliphatic rings. The maximum atomic E-state index is 13.6. The fourth-order valence-corrected chi connectivity index (χ4v) is 5.02. The summed E-state index contributed by atoms with van der Waals surface area (Å²) in [6.07, 6.45) is 1.22. The summed E-state index contributed by atoms with van der Waals surface area (Å²) in [5.74, 6) is -1.84. The molecule has 4 amide bonds. The second-order valence-corrected chi connectivity index (χ2v) is 10.3. The van der Waals surface area contributed by atoms with Gasteiger partial charge in [0.1, 0.15) is 16.2 Å². The number of imide groups is 2. The number of barbiturate groups is 1. The molecule has 0 atom stereocenters. The Labute approximate surface area is 229 Å². The van der Waals surface area contributed by atoms with Crippen molar-refractivity contribution in [3.8, 4) is 5.75 Å². The zero-order chi connectivity index (χ0) is 27.6. The fourth-order valence-electron chi connectivity index (χ4n) is 3.94. The number of amides is 4. The Kier molecular flexibility index (Phi) is 7.02. The van der Waals surface area contributed by atoms with Crippen molar-refractivity contribution >= 4 is 57.0 Å². The predicted octanol–water partition coefficient (Wildman–Crippen LogP) is 5.69. The molecule has 1 fully saturated rings. The van der Waals surface area contributed by atoms with Crippen molar-refractivity contribution in [1.82, 2.24) is 0 Å². The van der Waals surface area contributed by atoms with Gasteiger partial charge < -0.3 is 4.18 Å². The lowest BCUT2D eigenvalue weighted by Crippen LogP contribution is -2.57. The average molecular weight is 559 g/mol. The van der Waals surface area contributed by atoms with E-state index in [2.05, 4.69) is 0 Å². The molecule has 0 spiro atoms. The van der Waals surface area contributed by atoms with Crippen LogP contribution in [0.3, 0.4) is 0 Å². The molecule has 5 rings (SSSR count). The van der Waals surface area contributed by atoms with Gasteiger partial charge >= 0.3 is 16.1 Å². The van der Waals surface area contributed by atoms with Crippen LogP contribution in [0.15, 0.2) is 120 Å². The second kappa shape index (κ2) is 10.6. The summed E-state index contributed by atoms with van der Waals surface area (Å²) in [4.78, 5) is 42.3. The Bertz CT molecular complexity index is 1640. The molecule has 0 unspecified atom stereocenters. The van der Waals surface area contributed by atoms with Gasteiger partial charge in [0, 0.05) is 10.6 Å². The Morgan fingerprint density at radius 1 is 0.641 bits per heavy atom. The molecule has 1 heterocycles. The topological polar surface area (TPSA) is 101 Å². The van der Waals surface area contributed by atoms with Crippen LogP contribution in [0.25, 0.3) is 6.08 Å². The highest BCUT2D eigenvalue weighted by Crippen LogP contribution is 2.32. The van der Waals surface area contributed by atoms with Gasteiger partial charge in [0.05, 0.1) is 11.4 Å². The second-order valence-electron chi connectivity index (χ2n) is 8.32. The number of hydrogen-bond donors (Lipinski definition) is 0. The number of halogens is 1. The normalized spacial score (nSPS) is 14.0. The molecule has 1 saturated heterocycles. The van der Waals surface area contributed by atoms with Crippen LogP contribution in [-0.4, -0.2) is 26.3 Å². The van der Waals surface area contributed by atoms with Crippen LogP contribution in [0, 0.1) is 0 Å². The Balaban J connectivity index is 1.60. The summed E-state index contributed by atoms with van der Waals surface area (Å²) in [6.45, 7) is 0. The minimum atomic E-state index is -4.27. The van der Waals surface area contributed by atoms with Crippen molar-refractivity contribution < 1.29 is 27.0 Å². The van der Waals surface area contributed by atoms with E-state index in [1.807, 2.05) is 0 Å². The van der Waals surface area contributed by atoms with Crippen LogP contribution in [0.2, 0.25) is 5.02 Å². The molecule has 0 aliphatic carbocycles. The number of nitrogens with zero attached hydrogens (tertiary/aromatic N) is 2. The van der Waals surface area contributed by atoms with E-state index in [-0.39, 0.29) is 33.2 Å². The molecule has 0 aromatic heterocycles. The highest BCUT2D eigenvalue weighted by molar-refractivity contribution is 7.87. The Morgan fingerprint density at radius 2 is 1.13 bits per heavy atom. The van der Waals surface area contributed by atoms with E-state index in [1.165, 1.54) is 42.5 Å². The van der Waals surface area contributed by atoms with E-state index in [4.69, 9.17) is 15.8 Å². The van der Waals surface area contributed by atoms with Gasteiger partial charge in [-0.1, -0.05) is 66.2 Å². The lowest BCUT2D eigenvalue weighted by atomic mass is 10.0. The summed E-state index contributed by atoms with van der Waals surface area (Å²) in [7, 11) is -4.27. The molecule has 8 nitrogen and oxygen atoms in total. The van der Waals surface area contributed by atoms with E-state index in [0.29, 0.717) is 5.02 Å². The highest BCUT2D eigenvalue weighted by Gasteiger charge is 2.43. The zero-order valence-electron chi connectivity index (χ0n) is 20.1. The number of benzene rings is 4. The number of hydrogen-bond acceptors (Lipinski definition) is 6. The summed E-state index contributed by atoms with van der Waals surface area (Å²) in [5, 5.41) is 0.355. The molecule has 0 saturated carbocycles. The van der Waals surface area contributed by atoms with E-state index in [0.717, 1.165) is 9.80 Å². The Morgan fingerprint density at radius 3 is 1.67 bits per heavy atom. The van der Waals surface area contributed by atoms with Crippen LogP contribution in [-0.2, 0) is 19.7 Å². The third-order valence-electron chi connectivity index (χ3n) is 5.80. The lowest BCUT2D eigenvalue weighted by molar-refractivity contribution is -0.121. The van der Waals surface area contributed by atoms with E-state index in [1.54, 1.807) is 72.8 Å². The molecule has 4 aromatic rings. The lowest BCUT2D eigenvalue weighted by Gasteiger charge is -2.34. The highest BCUT2D eigenvalue weighted by atomic mass is 35.5. The fraction of sp³-hybridized carbons (Fsp3) is 0. The van der Waals surface area contributed by atoms with Gasteiger partial charge in [-0.3, -0.25) is 9.59 Å². The first-order valence-corrected chi connectivity index (χ1v) is 13.4. The third-order valence-corrected chi connectivity index (χ3v) is 7.30. The molecular weight excluding hydrogens is 540 g/mol. The van der Waals surface area contributed by atoms with Crippen LogP contribution in [0.1, 0.15) is 5.56 Å². The molecule has 1 aliphatic heterocycles. The van der Waals surface area contributed by atoms with Gasteiger partial charge in [-0.05, 0) is 60.7 Å². The van der Waals surface area contributed by atoms with Crippen LogP contribution >= 0.6 is 11.6 Å². The first-order chi connectivity index (χ1) is 18.8. The summed E-state index contributed by atoms with van der Waals surface area (Å²) in [5.41, 5.74) is 0.313. The molecule has 194 valence electrons. The van der Waals surface area contributed by atoms with Crippen molar-refractivity contribution in [2.45, 2.75) is 4.90 Å².